The molecule has 4 nitrogen and oxygen atoms in total. The van der Waals surface area contributed by atoms with Crippen molar-refractivity contribution in [3.63, 3.8) is 0 Å². The van der Waals surface area contributed by atoms with Crippen molar-refractivity contribution in [2.75, 3.05) is 25.1 Å². The van der Waals surface area contributed by atoms with E-state index in [0.29, 0.717) is 25.8 Å². The summed E-state index contributed by atoms with van der Waals surface area (Å²) < 4.78 is 0. The quantitative estimate of drug-likeness (QED) is 0.729. The molecule has 1 aliphatic rings. The van der Waals surface area contributed by atoms with Crippen LogP contribution in [0.15, 0.2) is 0 Å². The van der Waals surface area contributed by atoms with E-state index in [9.17, 15) is 9.59 Å². The molecular formula is C14H26N2O2S. The lowest BCUT2D eigenvalue weighted by Gasteiger charge is -2.33. The molecule has 1 saturated heterocycles. The molecule has 1 rings (SSSR count). The Balaban J connectivity index is 2.70. The molecule has 0 saturated carbocycles. The maximum absolute atomic E-state index is 12.6. The summed E-state index contributed by atoms with van der Waals surface area (Å²) in [5, 5.41) is 2.94. The molecule has 0 atom stereocenters. The summed E-state index contributed by atoms with van der Waals surface area (Å²) in [6.07, 6.45) is 5.99. The van der Waals surface area contributed by atoms with Crippen molar-refractivity contribution >= 4 is 23.6 Å². The number of thioether (sulfide) groups is 1. The average molecular weight is 286 g/mol. The van der Waals surface area contributed by atoms with Gasteiger partial charge in [0.05, 0.1) is 0 Å². The zero-order chi connectivity index (χ0) is 14.3. The second kappa shape index (κ2) is 7.78. The van der Waals surface area contributed by atoms with Gasteiger partial charge >= 0.3 is 0 Å². The van der Waals surface area contributed by atoms with E-state index in [4.69, 9.17) is 0 Å². The largest absolute Gasteiger partial charge is 0.342 e. The van der Waals surface area contributed by atoms with Gasteiger partial charge in [0.1, 0.15) is 5.54 Å². The van der Waals surface area contributed by atoms with Crippen molar-refractivity contribution in [2.24, 2.45) is 0 Å². The standard InChI is InChI=1S/C14H26N2O2S/c1-4-14(5-2)13(18)16(9-6-7-11-19-3)10-8-12(17)15-14/h4-11H2,1-3H3,(H,15,17). The van der Waals surface area contributed by atoms with Gasteiger partial charge in [0.2, 0.25) is 11.8 Å². The summed E-state index contributed by atoms with van der Waals surface area (Å²) in [4.78, 5) is 26.3. The molecule has 110 valence electrons. The lowest BCUT2D eigenvalue weighted by atomic mass is 9.91. The molecule has 0 radical (unpaired) electrons. The summed E-state index contributed by atoms with van der Waals surface area (Å²) in [6.45, 7) is 5.28. The highest BCUT2D eigenvalue weighted by atomic mass is 32.2. The van der Waals surface area contributed by atoms with Gasteiger partial charge in [-0.05, 0) is 37.7 Å². The third-order valence-electron chi connectivity index (χ3n) is 3.92. The molecule has 0 aromatic carbocycles. The van der Waals surface area contributed by atoms with Crippen molar-refractivity contribution in [2.45, 2.75) is 51.5 Å². The van der Waals surface area contributed by atoms with Crippen LogP contribution in [0.25, 0.3) is 0 Å². The van der Waals surface area contributed by atoms with Crippen LogP contribution in [0.2, 0.25) is 0 Å². The van der Waals surface area contributed by atoms with Gasteiger partial charge < -0.3 is 10.2 Å². The van der Waals surface area contributed by atoms with E-state index in [2.05, 4.69) is 11.6 Å². The van der Waals surface area contributed by atoms with E-state index in [0.717, 1.165) is 25.1 Å². The third kappa shape index (κ3) is 4.13. The monoisotopic (exact) mass is 286 g/mol. The summed E-state index contributed by atoms with van der Waals surface area (Å²) in [7, 11) is 0. The van der Waals surface area contributed by atoms with Crippen LogP contribution in [0.5, 0.6) is 0 Å². The first kappa shape index (κ1) is 16.3. The Kier molecular flexibility index (Phi) is 6.69. The highest BCUT2D eigenvalue weighted by molar-refractivity contribution is 7.98. The first-order valence-electron chi connectivity index (χ1n) is 7.19. The number of unbranched alkanes of at least 4 members (excludes halogenated alkanes) is 1. The minimum Gasteiger partial charge on any atom is -0.342 e. The van der Waals surface area contributed by atoms with E-state index in [1.807, 2.05) is 30.5 Å². The van der Waals surface area contributed by atoms with Crippen LogP contribution in [-0.4, -0.2) is 47.4 Å². The lowest BCUT2D eigenvalue weighted by Crippen LogP contribution is -2.56. The normalized spacial score (nSPS) is 19.2. The van der Waals surface area contributed by atoms with Gasteiger partial charge in [-0.1, -0.05) is 13.8 Å². The zero-order valence-electron chi connectivity index (χ0n) is 12.3. The predicted octanol–water partition coefficient (Wildman–Crippen LogP) is 2.04. The number of nitrogens with zero attached hydrogens (tertiary/aromatic N) is 1. The molecule has 1 aliphatic heterocycles. The third-order valence-corrected chi connectivity index (χ3v) is 4.61. The van der Waals surface area contributed by atoms with E-state index >= 15 is 0 Å². The first-order chi connectivity index (χ1) is 9.09. The van der Waals surface area contributed by atoms with Gasteiger partial charge in [0, 0.05) is 19.5 Å². The minimum absolute atomic E-state index is 0.00339. The van der Waals surface area contributed by atoms with Gasteiger partial charge in [-0.25, -0.2) is 0 Å². The van der Waals surface area contributed by atoms with Crippen LogP contribution in [0.3, 0.4) is 0 Å². The smallest absolute Gasteiger partial charge is 0.248 e. The number of nitrogens with one attached hydrogen (secondary N) is 1. The Bertz CT molecular complexity index is 317. The molecular weight excluding hydrogens is 260 g/mol. The minimum atomic E-state index is -0.674. The van der Waals surface area contributed by atoms with E-state index < -0.39 is 5.54 Å². The number of hydrogen-bond acceptors (Lipinski definition) is 3. The van der Waals surface area contributed by atoms with Crippen molar-refractivity contribution < 1.29 is 9.59 Å². The number of carbonyl (C=O) groups is 2. The highest BCUT2D eigenvalue weighted by Gasteiger charge is 2.41. The Morgan fingerprint density at radius 2 is 1.95 bits per heavy atom. The molecule has 1 fully saturated rings. The van der Waals surface area contributed by atoms with Gasteiger partial charge in [-0.15, -0.1) is 0 Å². The van der Waals surface area contributed by atoms with Crippen LogP contribution in [0.1, 0.15) is 46.0 Å². The van der Waals surface area contributed by atoms with Crippen LogP contribution >= 0.6 is 11.8 Å². The molecule has 0 aromatic rings. The predicted molar refractivity (Wildman–Crippen MR) is 80.3 cm³/mol. The van der Waals surface area contributed by atoms with Crippen molar-refractivity contribution in [1.82, 2.24) is 10.2 Å². The Labute approximate surface area is 120 Å². The Morgan fingerprint density at radius 3 is 2.53 bits per heavy atom. The summed E-state index contributed by atoms with van der Waals surface area (Å²) in [6, 6.07) is 0. The fraction of sp³-hybridized carbons (Fsp3) is 0.857. The fourth-order valence-corrected chi connectivity index (χ4v) is 3.01. The number of carbonyl (C=O) groups excluding carboxylic acids is 2. The second-order valence-electron chi connectivity index (χ2n) is 5.08. The maximum Gasteiger partial charge on any atom is 0.248 e. The molecule has 0 unspecified atom stereocenters. The summed E-state index contributed by atoms with van der Waals surface area (Å²) in [5.74, 6) is 1.24. The Morgan fingerprint density at radius 1 is 1.26 bits per heavy atom. The average Bonchev–Trinajstić information content (AvgIpc) is 2.54. The Hall–Kier alpha value is -0.710. The summed E-state index contributed by atoms with van der Waals surface area (Å²) >= 11 is 1.83. The van der Waals surface area contributed by atoms with Crippen LogP contribution < -0.4 is 5.32 Å². The molecule has 0 bridgehead atoms. The second-order valence-corrected chi connectivity index (χ2v) is 6.07. The van der Waals surface area contributed by atoms with E-state index in [1.165, 1.54) is 0 Å². The number of hydrogen-bond donors (Lipinski definition) is 1. The zero-order valence-corrected chi connectivity index (χ0v) is 13.1. The molecule has 1 N–H and O–H groups in total. The maximum atomic E-state index is 12.6. The van der Waals surface area contributed by atoms with E-state index in [1.54, 1.807) is 0 Å². The first-order valence-corrected chi connectivity index (χ1v) is 8.58. The van der Waals surface area contributed by atoms with Gasteiger partial charge in [0.25, 0.3) is 0 Å². The van der Waals surface area contributed by atoms with Crippen molar-refractivity contribution in [3.05, 3.63) is 0 Å². The van der Waals surface area contributed by atoms with Crippen LogP contribution in [-0.2, 0) is 9.59 Å². The molecule has 0 aliphatic carbocycles. The SMILES string of the molecule is CCC1(CC)NC(=O)CCN(CCCCSC)C1=O. The molecule has 2 amide bonds. The summed E-state index contributed by atoms with van der Waals surface area (Å²) in [5.41, 5.74) is -0.674. The van der Waals surface area contributed by atoms with Gasteiger partial charge in [0.15, 0.2) is 0 Å². The molecule has 0 aromatic heterocycles. The number of rotatable bonds is 7. The van der Waals surface area contributed by atoms with Gasteiger partial charge in [-0.2, -0.15) is 11.8 Å². The molecule has 5 heteroatoms. The molecule has 1 heterocycles. The van der Waals surface area contributed by atoms with E-state index in [-0.39, 0.29) is 11.8 Å². The molecule has 0 spiro atoms. The van der Waals surface area contributed by atoms with Crippen molar-refractivity contribution in [3.8, 4) is 0 Å². The highest BCUT2D eigenvalue weighted by Crippen LogP contribution is 2.22. The lowest BCUT2D eigenvalue weighted by molar-refractivity contribution is -0.139. The topological polar surface area (TPSA) is 49.4 Å². The van der Waals surface area contributed by atoms with Crippen LogP contribution in [0, 0.1) is 0 Å². The number of amides is 2. The van der Waals surface area contributed by atoms with Crippen molar-refractivity contribution in [1.29, 1.82) is 0 Å². The van der Waals surface area contributed by atoms with Gasteiger partial charge in [-0.3, -0.25) is 9.59 Å². The van der Waals surface area contributed by atoms with Crippen LogP contribution in [0.4, 0.5) is 0 Å². The fourth-order valence-electron chi connectivity index (χ4n) is 2.52. The molecule has 19 heavy (non-hydrogen) atoms.